The van der Waals surface area contributed by atoms with Gasteiger partial charge in [0.25, 0.3) is 15.9 Å². The van der Waals surface area contributed by atoms with Crippen molar-refractivity contribution in [1.29, 1.82) is 0 Å². The van der Waals surface area contributed by atoms with E-state index in [-0.39, 0.29) is 4.90 Å². The molecule has 0 radical (unpaired) electrons. The van der Waals surface area contributed by atoms with E-state index in [0.29, 0.717) is 16.1 Å². The van der Waals surface area contributed by atoms with Crippen molar-refractivity contribution in [2.45, 2.75) is 18.4 Å². The number of hydrogen-bond acceptors (Lipinski definition) is 5. The summed E-state index contributed by atoms with van der Waals surface area (Å²) in [5, 5.41) is 0.337. The number of benzene rings is 2. The predicted octanol–water partition coefficient (Wildman–Crippen LogP) is 2.51. The van der Waals surface area contributed by atoms with Gasteiger partial charge in [0.1, 0.15) is 0 Å². The molecule has 1 amide bonds. The zero-order chi connectivity index (χ0) is 20.3. The monoisotopic (exact) mass is 421 g/mol. The van der Waals surface area contributed by atoms with Crippen LogP contribution in [0.25, 0.3) is 0 Å². The maximum Gasteiger partial charge on any atom is 0.265 e. The molecular formula is C20H24ClN3O3S. The van der Waals surface area contributed by atoms with Gasteiger partial charge >= 0.3 is 0 Å². The van der Waals surface area contributed by atoms with Crippen molar-refractivity contribution in [3.63, 3.8) is 0 Å². The molecule has 0 spiro atoms. The molecule has 0 aliphatic carbocycles. The first-order valence-electron chi connectivity index (χ1n) is 9.08. The highest BCUT2D eigenvalue weighted by Crippen LogP contribution is 2.23. The zero-order valence-electron chi connectivity index (χ0n) is 16.0. The second kappa shape index (κ2) is 8.61. The molecule has 0 atom stereocenters. The van der Waals surface area contributed by atoms with Crippen LogP contribution in [-0.2, 0) is 16.6 Å². The fourth-order valence-corrected chi connectivity index (χ4v) is 4.66. The third kappa shape index (κ3) is 4.91. The lowest BCUT2D eigenvalue weighted by molar-refractivity contribution is 0.0981. The molecule has 6 nitrogen and oxygen atoms in total. The zero-order valence-corrected chi connectivity index (χ0v) is 17.6. The Morgan fingerprint density at radius 3 is 2.50 bits per heavy atom. The fourth-order valence-electron chi connectivity index (χ4n) is 3.19. The molecule has 1 heterocycles. The van der Waals surface area contributed by atoms with Crippen LogP contribution in [0.4, 0.5) is 0 Å². The van der Waals surface area contributed by atoms with Crippen molar-refractivity contribution in [1.82, 2.24) is 14.5 Å². The summed E-state index contributed by atoms with van der Waals surface area (Å²) in [6, 6.07) is 11.7. The fraction of sp³-hybridized carbons (Fsp3) is 0.350. The number of nitrogens with zero attached hydrogens (tertiary/aromatic N) is 2. The van der Waals surface area contributed by atoms with Crippen LogP contribution in [0.15, 0.2) is 47.4 Å². The van der Waals surface area contributed by atoms with Crippen LogP contribution >= 0.6 is 11.6 Å². The standard InChI is InChI=1S/C20H24ClN3O3S/c1-15-18(21)7-4-8-19(15)28(26,27)22-20(25)17-6-3-5-16(13-17)14-24-11-9-23(2)10-12-24/h3-8,13H,9-12,14H2,1-2H3,(H,22,25). The molecule has 2 aromatic carbocycles. The summed E-state index contributed by atoms with van der Waals surface area (Å²) in [6.45, 7) is 6.30. The van der Waals surface area contributed by atoms with Gasteiger partial charge in [-0.1, -0.05) is 29.8 Å². The normalized spacial score (nSPS) is 16.1. The number of carbonyl (C=O) groups is 1. The average molecular weight is 422 g/mol. The summed E-state index contributed by atoms with van der Waals surface area (Å²) in [5.74, 6) is -0.653. The number of hydrogen-bond donors (Lipinski definition) is 1. The van der Waals surface area contributed by atoms with Gasteiger partial charge in [-0.2, -0.15) is 0 Å². The Bertz CT molecular complexity index is 970. The molecule has 28 heavy (non-hydrogen) atoms. The maximum atomic E-state index is 12.6. The maximum absolute atomic E-state index is 12.6. The van der Waals surface area contributed by atoms with Gasteiger partial charge in [-0.3, -0.25) is 9.69 Å². The van der Waals surface area contributed by atoms with E-state index >= 15 is 0 Å². The number of rotatable bonds is 5. The van der Waals surface area contributed by atoms with Crippen molar-refractivity contribution in [3.05, 3.63) is 64.2 Å². The molecule has 0 unspecified atom stereocenters. The highest BCUT2D eigenvalue weighted by molar-refractivity contribution is 7.90. The van der Waals surface area contributed by atoms with E-state index in [1.54, 1.807) is 37.3 Å². The molecule has 1 saturated heterocycles. The minimum absolute atomic E-state index is 0.00180. The molecule has 2 aromatic rings. The van der Waals surface area contributed by atoms with E-state index in [4.69, 9.17) is 11.6 Å². The third-order valence-electron chi connectivity index (χ3n) is 4.93. The Hall–Kier alpha value is -1.93. The van der Waals surface area contributed by atoms with Crippen molar-refractivity contribution < 1.29 is 13.2 Å². The number of amides is 1. The first-order valence-corrected chi connectivity index (χ1v) is 10.9. The van der Waals surface area contributed by atoms with Gasteiger partial charge in [-0.25, -0.2) is 13.1 Å². The molecule has 0 bridgehead atoms. The summed E-state index contributed by atoms with van der Waals surface area (Å²) in [7, 11) is -1.91. The van der Waals surface area contributed by atoms with E-state index in [2.05, 4.69) is 21.6 Å². The number of nitrogens with one attached hydrogen (secondary N) is 1. The summed E-state index contributed by atoms with van der Waals surface area (Å²) in [4.78, 5) is 17.2. The molecule has 1 aliphatic heterocycles. The van der Waals surface area contributed by atoms with Gasteiger partial charge in [-0.05, 0) is 49.4 Å². The largest absolute Gasteiger partial charge is 0.304 e. The van der Waals surface area contributed by atoms with E-state index in [9.17, 15) is 13.2 Å². The van der Waals surface area contributed by atoms with Crippen molar-refractivity contribution >= 4 is 27.5 Å². The molecule has 0 saturated carbocycles. The lowest BCUT2D eigenvalue weighted by Crippen LogP contribution is -2.43. The number of carbonyl (C=O) groups excluding carboxylic acids is 1. The van der Waals surface area contributed by atoms with Crippen molar-refractivity contribution in [2.24, 2.45) is 0 Å². The number of likely N-dealkylation sites (N-methyl/N-ethyl adjacent to an activating group) is 1. The van der Waals surface area contributed by atoms with Gasteiger partial charge in [0.2, 0.25) is 0 Å². The van der Waals surface area contributed by atoms with Crippen LogP contribution in [0.3, 0.4) is 0 Å². The van der Waals surface area contributed by atoms with Crippen molar-refractivity contribution in [3.8, 4) is 0 Å². The van der Waals surface area contributed by atoms with Gasteiger partial charge in [0.15, 0.2) is 0 Å². The van der Waals surface area contributed by atoms with E-state index in [1.165, 1.54) is 6.07 Å². The van der Waals surface area contributed by atoms with Gasteiger partial charge in [-0.15, -0.1) is 0 Å². The third-order valence-corrected chi connectivity index (χ3v) is 6.81. The van der Waals surface area contributed by atoms with Gasteiger partial charge in [0, 0.05) is 43.3 Å². The van der Waals surface area contributed by atoms with E-state index < -0.39 is 15.9 Å². The van der Waals surface area contributed by atoms with Crippen LogP contribution in [0.2, 0.25) is 5.02 Å². The van der Waals surface area contributed by atoms with Crippen molar-refractivity contribution in [2.75, 3.05) is 33.2 Å². The molecule has 1 aliphatic rings. The Morgan fingerprint density at radius 2 is 1.79 bits per heavy atom. The first kappa shape index (κ1) is 20.8. The number of piperazine rings is 1. The Kier molecular flexibility index (Phi) is 6.40. The Labute approximate surface area is 171 Å². The van der Waals surface area contributed by atoms with Crippen LogP contribution in [-0.4, -0.2) is 57.4 Å². The highest BCUT2D eigenvalue weighted by Gasteiger charge is 2.22. The molecule has 1 fully saturated rings. The molecule has 1 N–H and O–H groups in total. The number of sulfonamides is 1. The summed E-state index contributed by atoms with van der Waals surface area (Å²) < 4.78 is 27.4. The Balaban J connectivity index is 1.73. The quantitative estimate of drug-likeness (QED) is 0.803. The molecule has 0 aromatic heterocycles. The SMILES string of the molecule is Cc1c(Cl)cccc1S(=O)(=O)NC(=O)c1cccc(CN2CCN(C)CC2)c1. The Morgan fingerprint density at radius 1 is 1.11 bits per heavy atom. The predicted molar refractivity (Wildman–Crippen MR) is 110 cm³/mol. The second-order valence-corrected chi connectivity index (χ2v) is 9.14. The second-order valence-electron chi connectivity index (χ2n) is 7.08. The highest BCUT2D eigenvalue weighted by atomic mass is 35.5. The molecule has 150 valence electrons. The smallest absolute Gasteiger partial charge is 0.265 e. The molecule has 8 heteroatoms. The van der Waals surface area contributed by atoms with Crippen LogP contribution in [0.1, 0.15) is 21.5 Å². The van der Waals surface area contributed by atoms with Gasteiger partial charge in [0.05, 0.1) is 4.90 Å². The first-order chi connectivity index (χ1) is 13.3. The van der Waals surface area contributed by atoms with Crippen LogP contribution < -0.4 is 4.72 Å². The van der Waals surface area contributed by atoms with Crippen LogP contribution in [0, 0.1) is 6.92 Å². The number of halogens is 1. The average Bonchev–Trinajstić information content (AvgIpc) is 2.65. The summed E-state index contributed by atoms with van der Waals surface area (Å²) in [6.07, 6.45) is 0. The summed E-state index contributed by atoms with van der Waals surface area (Å²) in [5.41, 5.74) is 1.71. The lowest BCUT2D eigenvalue weighted by Gasteiger charge is -2.32. The minimum atomic E-state index is -4.01. The van der Waals surface area contributed by atoms with E-state index in [0.717, 1.165) is 38.3 Å². The molecule has 3 rings (SSSR count). The minimum Gasteiger partial charge on any atom is -0.304 e. The van der Waals surface area contributed by atoms with E-state index in [1.807, 2.05) is 6.07 Å². The topological polar surface area (TPSA) is 69.7 Å². The van der Waals surface area contributed by atoms with Crippen LogP contribution in [0.5, 0.6) is 0 Å². The summed E-state index contributed by atoms with van der Waals surface area (Å²) >= 11 is 6.01. The van der Waals surface area contributed by atoms with Gasteiger partial charge < -0.3 is 4.90 Å². The molecular weight excluding hydrogens is 398 g/mol. The lowest BCUT2D eigenvalue weighted by atomic mass is 10.1.